The molecule has 0 radical (unpaired) electrons. The van der Waals surface area contributed by atoms with Crippen LogP contribution in [0.25, 0.3) is 0 Å². The molecule has 3 N–H and O–H groups in total. The van der Waals surface area contributed by atoms with Gasteiger partial charge in [0.2, 0.25) is 0 Å². The molecule has 1 heterocycles. The summed E-state index contributed by atoms with van der Waals surface area (Å²) in [6.07, 6.45) is 1.81. The number of aryl methyl sites for hydroxylation is 1. The van der Waals surface area contributed by atoms with Gasteiger partial charge in [-0.2, -0.15) is 0 Å². The largest absolute Gasteiger partial charge is 0.271 e. The molecule has 0 spiro atoms. The first kappa shape index (κ1) is 13.5. The third-order valence-corrected chi connectivity index (χ3v) is 2.79. The van der Waals surface area contributed by atoms with Crippen molar-refractivity contribution in [2.45, 2.75) is 19.4 Å². The number of nitrogens with zero attached hydrogens (tertiary/aromatic N) is 2. The molecule has 1 aromatic heterocycles. The van der Waals surface area contributed by atoms with Gasteiger partial charge in [-0.25, -0.2) is 18.7 Å². The molecule has 1 unspecified atom stereocenters. The third kappa shape index (κ3) is 3.30. The zero-order chi connectivity index (χ0) is 13.8. The number of nitrogens with one attached hydrogen (secondary N) is 1. The number of hydrogen-bond donors (Lipinski definition) is 2. The van der Waals surface area contributed by atoms with Crippen LogP contribution in [0, 0.1) is 18.6 Å². The molecule has 6 heteroatoms. The van der Waals surface area contributed by atoms with Crippen molar-refractivity contribution >= 4 is 0 Å². The first-order chi connectivity index (χ1) is 9.10. The van der Waals surface area contributed by atoms with Gasteiger partial charge in [0.15, 0.2) is 0 Å². The highest BCUT2D eigenvalue weighted by atomic mass is 19.1. The number of hydrazine groups is 1. The molecule has 100 valence electrons. The lowest BCUT2D eigenvalue weighted by molar-refractivity contribution is 0.512. The van der Waals surface area contributed by atoms with Gasteiger partial charge in [0.1, 0.15) is 17.5 Å². The van der Waals surface area contributed by atoms with Gasteiger partial charge in [-0.05, 0) is 43.2 Å². The fraction of sp³-hybridized carbons (Fsp3) is 0.231. The molecule has 2 aromatic rings. The van der Waals surface area contributed by atoms with Crippen molar-refractivity contribution in [1.82, 2.24) is 15.4 Å². The lowest BCUT2D eigenvalue weighted by Crippen LogP contribution is -2.30. The zero-order valence-electron chi connectivity index (χ0n) is 10.4. The molecule has 0 saturated carbocycles. The van der Waals surface area contributed by atoms with Crippen LogP contribution in [-0.4, -0.2) is 9.97 Å². The maximum absolute atomic E-state index is 13.6. The minimum Gasteiger partial charge on any atom is -0.271 e. The molecule has 1 atom stereocenters. The number of nitrogens with two attached hydrogens (primary N) is 1. The van der Waals surface area contributed by atoms with E-state index in [1.54, 1.807) is 19.2 Å². The standard InChI is InChI=1S/C13H14F2N4/c1-8-17-5-4-12(18-8)13(19-16)7-9-6-10(14)2-3-11(9)15/h2-6,13,19H,7,16H2,1H3. The summed E-state index contributed by atoms with van der Waals surface area (Å²) in [5.41, 5.74) is 3.45. The fourth-order valence-electron chi connectivity index (χ4n) is 1.84. The lowest BCUT2D eigenvalue weighted by atomic mass is 10.0. The Kier molecular flexibility index (Phi) is 4.13. The Morgan fingerprint density at radius 1 is 1.32 bits per heavy atom. The van der Waals surface area contributed by atoms with E-state index in [2.05, 4.69) is 15.4 Å². The van der Waals surface area contributed by atoms with Crippen molar-refractivity contribution in [3.05, 3.63) is 59.2 Å². The number of rotatable bonds is 4. The van der Waals surface area contributed by atoms with Crippen molar-refractivity contribution in [3.8, 4) is 0 Å². The second kappa shape index (κ2) is 5.81. The molecule has 1 aromatic carbocycles. The summed E-state index contributed by atoms with van der Waals surface area (Å²) in [6.45, 7) is 1.75. The number of benzene rings is 1. The Morgan fingerprint density at radius 3 is 2.79 bits per heavy atom. The van der Waals surface area contributed by atoms with E-state index in [0.717, 1.165) is 18.2 Å². The van der Waals surface area contributed by atoms with Crippen molar-refractivity contribution in [1.29, 1.82) is 0 Å². The van der Waals surface area contributed by atoms with Crippen LogP contribution in [-0.2, 0) is 6.42 Å². The molecule has 0 aliphatic carbocycles. The van der Waals surface area contributed by atoms with Gasteiger partial charge in [-0.15, -0.1) is 0 Å². The van der Waals surface area contributed by atoms with Gasteiger partial charge >= 0.3 is 0 Å². The van der Waals surface area contributed by atoms with Crippen molar-refractivity contribution in [2.24, 2.45) is 5.84 Å². The Bertz CT molecular complexity index is 574. The van der Waals surface area contributed by atoms with Gasteiger partial charge in [0.25, 0.3) is 0 Å². The number of hydrogen-bond acceptors (Lipinski definition) is 4. The fourth-order valence-corrected chi connectivity index (χ4v) is 1.84. The minimum absolute atomic E-state index is 0.205. The Morgan fingerprint density at radius 2 is 2.11 bits per heavy atom. The van der Waals surface area contributed by atoms with Gasteiger partial charge in [-0.3, -0.25) is 11.3 Å². The van der Waals surface area contributed by atoms with E-state index in [0.29, 0.717) is 11.5 Å². The molecule has 0 aliphatic heterocycles. The smallest absolute Gasteiger partial charge is 0.126 e. The van der Waals surface area contributed by atoms with Crippen molar-refractivity contribution in [3.63, 3.8) is 0 Å². The lowest BCUT2D eigenvalue weighted by Gasteiger charge is -2.16. The van der Waals surface area contributed by atoms with E-state index in [9.17, 15) is 8.78 Å². The summed E-state index contributed by atoms with van der Waals surface area (Å²) >= 11 is 0. The molecule has 0 bridgehead atoms. The predicted octanol–water partition coefficient (Wildman–Crippen LogP) is 1.81. The molecular weight excluding hydrogens is 250 g/mol. The minimum atomic E-state index is -0.481. The molecule has 2 rings (SSSR count). The van der Waals surface area contributed by atoms with E-state index in [4.69, 9.17) is 5.84 Å². The summed E-state index contributed by atoms with van der Waals surface area (Å²) in [4.78, 5) is 8.20. The van der Waals surface area contributed by atoms with Gasteiger partial charge in [0.05, 0.1) is 11.7 Å². The zero-order valence-corrected chi connectivity index (χ0v) is 10.4. The molecule has 0 amide bonds. The van der Waals surface area contributed by atoms with Crippen LogP contribution in [0.3, 0.4) is 0 Å². The van der Waals surface area contributed by atoms with Crippen LogP contribution in [0.15, 0.2) is 30.5 Å². The Balaban J connectivity index is 2.26. The molecule has 0 fully saturated rings. The van der Waals surface area contributed by atoms with Crippen LogP contribution >= 0.6 is 0 Å². The first-order valence-electron chi connectivity index (χ1n) is 5.79. The SMILES string of the molecule is Cc1nccc(C(Cc2cc(F)ccc2F)NN)n1. The van der Waals surface area contributed by atoms with Crippen LogP contribution in [0.4, 0.5) is 8.78 Å². The quantitative estimate of drug-likeness (QED) is 0.653. The van der Waals surface area contributed by atoms with Gasteiger partial charge < -0.3 is 0 Å². The van der Waals surface area contributed by atoms with Gasteiger partial charge in [-0.1, -0.05) is 0 Å². The topological polar surface area (TPSA) is 63.8 Å². The highest BCUT2D eigenvalue weighted by molar-refractivity contribution is 5.22. The Labute approximate surface area is 109 Å². The highest BCUT2D eigenvalue weighted by Crippen LogP contribution is 2.19. The molecule has 4 nitrogen and oxygen atoms in total. The van der Waals surface area contributed by atoms with E-state index in [1.165, 1.54) is 0 Å². The highest BCUT2D eigenvalue weighted by Gasteiger charge is 2.15. The van der Waals surface area contributed by atoms with Crippen molar-refractivity contribution < 1.29 is 8.78 Å². The second-order valence-electron chi connectivity index (χ2n) is 4.19. The maximum Gasteiger partial charge on any atom is 0.126 e. The second-order valence-corrected chi connectivity index (χ2v) is 4.19. The molecule has 0 aliphatic rings. The van der Waals surface area contributed by atoms with E-state index >= 15 is 0 Å². The monoisotopic (exact) mass is 264 g/mol. The Hall–Kier alpha value is -1.92. The molecular formula is C13H14F2N4. The van der Waals surface area contributed by atoms with E-state index in [-0.39, 0.29) is 12.0 Å². The molecule has 0 saturated heterocycles. The van der Waals surface area contributed by atoms with E-state index < -0.39 is 17.7 Å². The maximum atomic E-state index is 13.6. The summed E-state index contributed by atoms with van der Waals surface area (Å²) in [5.74, 6) is 5.11. The van der Waals surface area contributed by atoms with Crippen LogP contribution in [0.5, 0.6) is 0 Å². The summed E-state index contributed by atoms with van der Waals surface area (Å²) in [7, 11) is 0. The van der Waals surface area contributed by atoms with Gasteiger partial charge in [0, 0.05) is 6.20 Å². The average Bonchev–Trinajstić information content (AvgIpc) is 2.39. The predicted molar refractivity (Wildman–Crippen MR) is 66.9 cm³/mol. The van der Waals surface area contributed by atoms with Crippen LogP contribution < -0.4 is 11.3 Å². The molecule has 19 heavy (non-hydrogen) atoms. The number of aromatic nitrogens is 2. The van der Waals surface area contributed by atoms with Crippen LogP contribution in [0.1, 0.15) is 23.1 Å². The summed E-state index contributed by atoms with van der Waals surface area (Å²) in [5, 5.41) is 0. The van der Waals surface area contributed by atoms with Crippen LogP contribution in [0.2, 0.25) is 0 Å². The first-order valence-corrected chi connectivity index (χ1v) is 5.79. The number of halogens is 2. The average molecular weight is 264 g/mol. The summed E-state index contributed by atoms with van der Waals surface area (Å²) in [6, 6.07) is 4.63. The normalized spacial score (nSPS) is 12.4. The van der Waals surface area contributed by atoms with Crippen molar-refractivity contribution in [2.75, 3.05) is 0 Å². The third-order valence-electron chi connectivity index (χ3n) is 2.79. The summed E-state index contributed by atoms with van der Waals surface area (Å²) < 4.78 is 26.7. The van der Waals surface area contributed by atoms with E-state index in [1.807, 2.05) is 0 Å².